The van der Waals surface area contributed by atoms with Crippen LogP contribution in [-0.4, -0.2) is 12.6 Å². The standard InChI is InChI=1S/C14H15ClN2/c15-12-3-6-14(11(7-12)8-16)17(13-4-5-13)9-10-1-2-10/h3,6-7,10,13H,1-2,4-5,9H2. The lowest BCUT2D eigenvalue weighted by molar-refractivity contribution is 0.718. The van der Waals surface area contributed by atoms with E-state index < -0.39 is 0 Å². The SMILES string of the molecule is N#Cc1cc(Cl)ccc1N(CC1CC1)C1CC1. The van der Waals surface area contributed by atoms with E-state index in [4.69, 9.17) is 11.6 Å². The molecule has 2 aliphatic carbocycles. The number of hydrogen-bond acceptors (Lipinski definition) is 2. The van der Waals surface area contributed by atoms with Gasteiger partial charge in [-0.3, -0.25) is 0 Å². The number of anilines is 1. The Balaban J connectivity index is 1.91. The molecule has 0 atom stereocenters. The quantitative estimate of drug-likeness (QED) is 0.812. The molecule has 88 valence electrons. The van der Waals surface area contributed by atoms with Crippen molar-refractivity contribution in [2.75, 3.05) is 11.4 Å². The second kappa shape index (κ2) is 4.23. The summed E-state index contributed by atoms with van der Waals surface area (Å²) in [5, 5.41) is 9.85. The Hall–Kier alpha value is -1.20. The number of benzene rings is 1. The van der Waals surface area contributed by atoms with Crippen LogP contribution in [0.4, 0.5) is 5.69 Å². The van der Waals surface area contributed by atoms with E-state index in [1.807, 2.05) is 12.1 Å². The average molecular weight is 247 g/mol. The molecule has 1 aromatic carbocycles. The highest BCUT2D eigenvalue weighted by molar-refractivity contribution is 6.30. The maximum Gasteiger partial charge on any atom is 0.101 e. The van der Waals surface area contributed by atoms with Crippen LogP contribution < -0.4 is 4.90 Å². The Labute approximate surface area is 107 Å². The second-order valence-electron chi connectivity index (χ2n) is 5.10. The molecule has 0 unspecified atom stereocenters. The third kappa shape index (κ3) is 2.40. The van der Waals surface area contributed by atoms with Crippen molar-refractivity contribution in [1.29, 1.82) is 5.26 Å². The molecule has 0 N–H and O–H groups in total. The zero-order chi connectivity index (χ0) is 11.8. The van der Waals surface area contributed by atoms with Crippen molar-refractivity contribution in [3.8, 4) is 6.07 Å². The van der Waals surface area contributed by atoms with E-state index in [-0.39, 0.29) is 0 Å². The minimum Gasteiger partial charge on any atom is -0.367 e. The van der Waals surface area contributed by atoms with Crippen molar-refractivity contribution in [3.63, 3.8) is 0 Å². The van der Waals surface area contributed by atoms with Gasteiger partial charge < -0.3 is 4.90 Å². The summed E-state index contributed by atoms with van der Waals surface area (Å²) in [6.45, 7) is 1.11. The molecule has 2 saturated carbocycles. The summed E-state index contributed by atoms with van der Waals surface area (Å²) in [6, 6.07) is 8.59. The lowest BCUT2D eigenvalue weighted by Gasteiger charge is -2.25. The van der Waals surface area contributed by atoms with Crippen LogP contribution in [0.3, 0.4) is 0 Å². The van der Waals surface area contributed by atoms with Gasteiger partial charge in [0.05, 0.1) is 11.3 Å². The Morgan fingerprint density at radius 2 is 2.06 bits per heavy atom. The van der Waals surface area contributed by atoms with Gasteiger partial charge in [-0.15, -0.1) is 0 Å². The fraction of sp³-hybridized carbons (Fsp3) is 0.500. The highest BCUT2D eigenvalue weighted by atomic mass is 35.5. The largest absolute Gasteiger partial charge is 0.367 e. The fourth-order valence-corrected chi connectivity index (χ4v) is 2.43. The maximum atomic E-state index is 9.21. The minimum absolute atomic E-state index is 0.646. The van der Waals surface area contributed by atoms with Gasteiger partial charge in [0.2, 0.25) is 0 Å². The van der Waals surface area contributed by atoms with E-state index in [9.17, 15) is 5.26 Å². The van der Waals surface area contributed by atoms with E-state index >= 15 is 0 Å². The normalized spacial score (nSPS) is 18.8. The molecular weight excluding hydrogens is 232 g/mol. The summed E-state index contributed by atoms with van der Waals surface area (Å²) in [5.41, 5.74) is 1.79. The molecule has 2 aliphatic rings. The molecule has 0 spiro atoms. The van der Waals surface area contributed by atoms with Crippen LogP contribution >= 0.6 is 11.6 Å². The molecule has 1 aromatic rings. The molecule has 0 radical (unpaired) electrons. The first kappa shape index (κ1) is 10.9. The summed E-state index contributed by atoms with van der Waals surface area (Å²) >= 11 is 5.94. The molecule has 2 fully saturated rings. The van der Waals surface area contributed by atoms with E-state index in [1.54, 1.807) is 6.07 Å². The molecule has 0 heterocycles. The molecule has 17 heavy (non-hydrogen) atoms. The number of halogens is 1. The third-order valence-electron chi connectivity index (χ3n) is 3.53. The fourth-order valence-electron chi connectivity index (χ4n) is 2.26. The second-order valence-corrected chi connectivity index (χ2v) is 5.54. The predicted molar refractivity (Wildman–Crippen MR) is 69.3 cm³/mol. The number of nitriles is 1. The molecule has 3 heteroatoms. The van der Waals surface area contributed by atoms with Crippen molar-refractivity contribution in [2.24, 2.45) is 5.92 Å². The number of hydrogen-bond donors (Lipinski definition) is 0. The van der Waals surface area contributed by atoms with Crippen LogP contribution in [-0.2, 0) is 0 Å². The third-order valence-corrected chi connectivity index (χ3v) is 3.76. The van der Waals surface area contributed by atoms with Gasteiger partial charge in [-0.2, -0.15) is 5.26 Å². The molecule has 0 aromatic heterocycles. The number of rotatable bonds is 4. The molecule has 0 aliphatic heterocycles. The molecule has 0 saturated heterocycles. The topological polar surface area (TPSA) is 27.0 Å². The van der Waals surface area contributed by atoms with Crippen molar-refractivity contribution < 1.29 is 0 Å². The van der Waals surface area contributed by atoms with E-state index in [1.165, 1.54) is 25.7 Å². The predicted octanol–water partition coefficient (Wildman–Crippen LogP) is 3.59. The molecule has 3 rings (SSSR count). The first-order valence-corrected chi connectivity index (χ1v) is 6.62. The van der Waals surface area contributed by atoms with Crippen molar-refractivity contribution in [2.45, 2.75) is 31.7 Å². The van der Waals surface area contributed by atoms with Crippen LogP contribution in [0.25, 0.3) is 0 Å². The first-order chi connectivity index (χ1) is 8.28. The van der Waals surface area contributed by atoms with Gasteiger partial charge in [-0.25, -0.2) is 0 Å². The Bertz CT molecular complexity index is 470. The van der Waals surface area contributed by atoms with E-state index in [2.05, 4.69) is 11.0 Å². The van der Waals surface area contributed by atoms with Gasteiger partial charge in [0.1, 0.15) is 6.07 Å². The Kier molecular flexibility index (Phi) is 2.72. The van der Waals surface area contributed by atoms with Crippen LogP contribution in [0.1, 0.15) is 31.2 Å². The van der Waals surface area contributed by atoms with Crippen molar-refractivity contribution >= 4 is 17.3 Å². The van der Waals surface area contributed by atoms with Gasteiger partial charge in [0.25, 0.3) is 0 Å². The highest BCUT2D eigenvalue weighted by Gasteiger charge is 2.34. The monoisotopic (exact) mass is 246 g/mol. The van der Waals surface area contributed by atoms with E-state index in [0.29, 0.717) is 16.6 Å². The maximum absolute atomic E-state index is 9.21. The van der Waals surface area contributed by atoms with Gasteiger partial charge in [0.15, 0.2) is 0 Å². The van der Waals surface area contributed by atoms with Crippen molar-refractivity contribution in [3.05, 3.63) is 28.8 Å². The van der Waals surface area contributed by atoms with Crippen LogP contribution in [0.5, 0.6) is 0 Å². The minimum atomic E-state index is 0.646. The molecule has 0 bridgehead atoms. The molecular formula is C14H15ClN2. The van der Waals surface area contributed by atoms with Gasteiger partial charge in [-0.05, 0) is 49.8 Å². The first-order valence-electron chi connectivity index (χ1n) is 6.24. The van der Waals surface area contributed by atoms with Gasteiger partial charge >= 0.3 is 0 Å². The zero-order valence-electron chi connectivity index (χ0n) is 9.69. The van der Waals surface area contributed by atoms with Gasteiger partial charge in [0, 0.05) is 17.6 Å². The van der Waals surface area contributed by atoms with Gasteiger partial charge in [-0.1, -0.05) is 11.6 Å². The smallest absolute Gasteiger partial charge is 0.101 e. The van der Waals surface area contributed by atoms with Crippen molar-refractivity contribution in [1.82, 2.24) is 0 Å². The number of nitrogens with zero attached hydrogens (tertiary/aromatic N) is 2. The Morgan fingerprint density at radius 3 is 2.65 bits per heavy atom. The van der Waals surface area contributed by atoms with Crippen LogP contribution in [0.15, 0.2) is 18.2 Å². The van der Waals surface area contributed by atoms with E-state index in [0.717, 1.165) is 18.2 Å². The summed E-state index contributed by atoms with van der Waals surface area (Å²) < 4.78 is 0. The lowest BCUT2D eigenvalue weighted by Crippen LogP contribution is -2.28. The zero-order valence-corrected chi connectivity index (χ0v) is 10.5. The average Bonchev–Trinajstić information content (AvgIpc) is 3.18. The van der Waals surface area contributed by atoms with Crippen LogP contribution in [0, 0.1) is 17.2 Å². The summed E-state index contributed by atoms with van der Waals surface area (Å²) in [6.07, 6.45) is 5.22. The van der Waals surface area contributed by atoms with Crippen LogP contribution in [0.2, 0.25) is 5.02 Å². The molecule has 0 amide bonds. The summed E-state index contributed by atoms with van der Waals surface area (Å²) in [4.78, 5) is 2.42. The lowest BCUT2D eigenvalue weighted by atomic mass is 10.1. The summed E-state index contributed by atoms with van der Waals surface area (Å²) in [5.74, 6) is 0.845. The highest BCUT2D eigenvalue weighted by Crippen LogP contribution is 2.39. The Morgan fingerprint density at radius 1 is 1.29 bits per heavy atom. The summed E-state index contributed by atoms with van der Waals surface area (Å²) in [7, 11) is 0. The molecule has 2 nitrogen and oxygen atoms in total.